The molecule has 0 aliphatic heterocycles. The second-order valence-electron chi connectivity index (χ2n) is 7.07. The number of hydrogen-bond acceptors (Lipinski definition) is 1. The highest BCUT2D eigenvalue weighted by Crippen LogP contribution is 2.57. The third-order valence-corrected chi connectivity index (χ3v) is 7.95. The van der Waals surface area contributed by atoms with Crippen molar-refractivity contribution in [1.82, 2.24) is 0 Å². The Hall–Kier alpha value is -0.670. The highest BCUT2D eigenvalue weighted by atomic mass is 79.9. The van der Waals surface area contributed by atoms with Gasteiger partial charge in [-0.25, -0.2) is 0 Å². The van der Waals surface area contributed by atoms with Crippen LogP contribution in [0.25, 0.3) is 10.8 Å². The minimum Gasteiger partial charge on any atom is -0.298 e. The molecule has 22 heavy (non-hydrogen) atoms. The van der Waals surface area contributed by atoms with Gasteiger partial charge in [0.25, 0.3) is 0 Å². The van der Waals surface area contributed by atoms with Crippen LogP contribution in [0.4, 0.5) is 0 Å². The third kappa shape index (κ3) is 1.91. The summed E-state index contributed by atoms with van der Waals surface area (Å²) in [5.74, 6) is 0.704. The molecule has 0 amide bonds. The molecule has 2 aliphatic carbocycles. The van der Waals surface area contributed by atoms with E-state index in [1.165, 1.54) is 27.5 Å². The Kier molecular flexibility index (Phi) is 3.32. The number of carbonyl (C=O) groups is 1. The lowest BCUT2D eigenvalue weighted by Gasteiger charge is -2.40. The number of carbonyl (C=O) groups excluding carboxylic acids is 1. The topological polar surface area (TPSA) is 17.1 Å². The minimum absolute atomic E-state index is 0.00475. The average molecular weight is 422 g/mol. The van der Waals surface area contributed by atoms with Crippen molar-refractivity contribution in [2.75, 3.05) is 0 Å². The fourth-order valence-electron chi connectivity index (χ4n) is 4.41. The molecule has 0 spiro atoms. The van der Waals surface area contributed by atoms with Crippen molar-refractivity contribution < 1.29 is 4.79 Å². The molecule has 2 aromatic carbocycles. The zero-order valence-corrected chi connectivity index (χ0v) is 15.9. The number of halogens is 2. The molecule has 0 radical (unpaired) electrons. The van der Waals surface area contributed by atoms with Crippen LogP contribution >= 0.6 is 31.9 Å². The van der Waals surface area contributed by atoms with Crippen molar-refractivity contribution in [2.24, 2.45) is 5.41 Å². The van der Waals surface area contributed by atoms with Gasteiger partial charge in [0.1, 0.15) is 5.78 Å². The van der Waals surface area contributed by atoms with E-state index in [2.05, 4.69) is 70.0 Å². The molecule has 3 atom stereocenters. The van der Waals surface area contributed by atoms with E-state index in [9.17, 15) is 4.79 Å². The Morgan fingerprint density at radius 2 is 2.00 bits per heavy atom. The van der Waals surface area contributed by atoms with Gasteiger partial charge in [0.05, 0.1) is 4.83 Å². The van der Waals surface area contributed by atoms with Crippen LogP contribution in [0.3, 0.4) is 0 Å². The first-order chi connectivity index (χ1) is 10.4. The molecular formula is C19H18Br2O. The molecule has 0 saturated heterocycles. The molecule has 1 fully saturated rings. The fourth-order valence-corrected chi connectivity index (χ4v) is 5.73. The van der Waals surface area contributed by atoms with Gasteiger partial charge in [-0.05, 0) is 59.1 Å². The van der Waals surface area contributed by atoms with Gasteiger partial charge in [-0.2, -0.15) is 0 Å². The second kappa shape index (κ2) is 4.91. The summed E-state index contributed by atoms with van der Waals surface area (Å²) in [4.78, 5) is 12.3. The summed E-state index contributed by atoms with van der Waals surface area (Å²) in [5.41, 5.74) is 4.19. The Bertz CT molecular complexity index is 811. The van der Waals surface area contributed by atoms with Gasteiger partial charge in [-0.1, -0.05) is 62.5 Å². The van der Waals surface area contributed by atoms with Crippen LogP contribution in [0.1, 0.15) is 42.4 Å². The predicted octanol–water partition coefficient (Wildman–Crippen LogP) is 5.68. The van der Waals surface area contributed by atoms with Crippen molar-refractivity contribution in [3.63, 3.8) is 0 Å². The SMILES string of the molecule is Cc1ccc2c(Br)cc3c(c2c1)CC[C@]1(C)[C@H](Br)C(=O)C[C@@H]31. The molecule has 0 aromatic heterocycles. The van der Waals surface area contributed by atoms with E-state index in [1.807, 2.05) is 0 Å². The first-order valence-electron chi connectivity index (χ1n) is 7.80. The molecule has 2 aliphatic rings. The molecule has 1 nitrogen and oxygen atoms in total. The van der Waals surface area contributed by atoms with Crippen molar-refractivity contribution in [2.45, 2.75) is 43.9 Å². The van der Waals surface area contributed by atoms with E-state index in [-0.39, 0.29) is 10.2 Å². The fraction of sp³-hybridized carbons (Fsp3) is 0.421. The standard InChI is InChI=1S/C19H18Br2O/c1-10-3-4-12-13(7-10)11-5-6-19(2)15(9-17(22)18(19)21)14(11)8-16(12)20/h3-4,7-8,15,18H,5-6,9H2,1-2H3/t15-,18+,19-/m0/s1. The van der Waals surface area contributed by atoms with Gasteiger partial charge < -0.3 is 0 Å². The van der Waals surface area contributed by atoms with Gasteiger partial charge >= 0.3 is 0 Å². The highest BCUT2D eigenvalue weighted by Gasteiger charge is 2.53. The summed E-state index contributed by atoms with van der Waals surface area (Å²) in [6.45, 7) is 4.42. The summed E-state index contributed by atoms with van der Waals surface area (Å²) in [5, 5.41) is 2.64. The van der Waals surface area contributed by atoms with Gasteiger partial charge in [0.15, 0.2) is 0 Å². The van der Waals surface area contributed by atoms with Crippen LogP contribution in [-0.4, -0.2) is 10.6 Å². The summed E-state index contributed by atoms with van der Waals surface area (Å²) >= 11 is 7.42. The van der Waals surface area contributed by atoms with E-state index < -0.39 is 0 Å². The Labute approximate surface area is 147 Å². The van der Waals surface area contributed by atoms with E-state index in [0.29, 0.717) is 18.1 Å². The van der Waals surface area contributed by atoms with Crippen LogP contribution in [-0.2, 0) is 11.2 Å². The maximum atomic E-state index is 12.3. The molecule has 0 bridgehead atoms. The van der Waals surface area contributed by atoms with Crippen LogP contribution < -0.4 is 0 Å². The van der Waals surface area contributed by atoms with Crippen LogP contribution in [0.15, 0.2) is 28.7 Å². The first kappa shape index (κ1) is 14.9. The van der Waals surface area contributed by atoms with Gasteiger partial charge in [0.2, 0.25) is 0 Å². The van der Waals surface area contributed by atoms with Crippen LogP contribution in [0.5, 0.6) is 0 Å². The summed E-state index contributed by atoms with van der Waals surface area (Å²) in [7, 11) is 0. The number of fused-ring (bicyclic) bond motifs is 5. The van der Waals surface area contributed by atoms with E-state index in [4.69, 9.17) is 0 Å². The zero-order chi connectivity index (χ0) is 15.6. The average Bonchev–Trinajstić information content (AvgIpc) is 2.71. The molecule has 4 rings (SSSR count). The first-order valence-corrected chi connectivity index (χ1v) is 9.51. The van der Waals surface area contributed by atoms with Gasteiger partial charge in [-0.15, -0.1) is 0 Å². The molecule has 0 unspecified atom stereocenters. The van der Waals surface area contributed by atoms with Crippen molar-refractivity contribution in [1.29, 1.82) is 0 Å². The molecule has 0 N–H and O–H groups in total. The maximum Gasteiger partial charge on any atom is 0.147 e. The van der Waals surface area contributed by atoms with Gasteiger partial charge in [0, 0.05) is 10.9 Å². The number of benzene rings is 2. The minimum atomic E-state index is 0.00475. The number of rotatable bonds is 0. The number of alkyl halides is 1. The predicted molar refractivity (Wildman–Crippen MR) is 97.9 cm³/mol. The molecular weight excluding hydrogens is 404 g/mol. The molecule has 0 heterocycles. The Morgan fingerprint density at radius 3 is 2.77 bits per heavy atom. The number of Topliss-reactive ketones (excluding diaryl/α,β-unsaturated/α-hetero) is 1. The Morgan fingerprint density at radius 1 is 1.23 bits per heavy atom. The highest BCUT2D eigenvalue weighted by molar-refractivity contribution is 9.10. The van der Waals surface area contributed by atoms with Crippen molar-refractivity contribution in [3.05, 3.63) is 45.4 Å². The normalized spacial score (nSPS) is 30.5. The summed E-state index contributed by atoms with van der Waals surface area (Å²) in [6, 6.07) is 8.94. The zero-order valence-electron chi connectivity index (χ0n) is 12.7. The van der Waals surface area contributed by atoms with Crippen molar-refractivity contribution in [3.8, 4) is 0 Å². The smallest absolute Gasteiger partial charge is 0.147 e. The maximum absolute atomic E-state index is 12.3. The molecule has 1 saturated carbocycles. The van der Waals surface area contributed by atoms with Crippen molar-refractivity contribution >= 4 is 48.4 Å². The number of aryl methyl sites for hydroxylation is 2. The number of ketones is 1. The lowest BCUT2D eigenvalue weighted by Crippen LogP contribution is -2.33. The summed E-state index contributed by atoms with van der Waals surface area (Å²) < 4.78 is 1.15. The molecule has 3 heteroatoms. The van der Waals surface area contributed by atoms with Gasteiger partial charge in [-0.3, -0.25) is 4.79 Å². The van der Waals surface area contributed by atoms with E-state index in [1.54, 1.807) is 0 Å². The monoisotopic (exact) mass is 420 g/mol. The third-order valence-electron chi connectivity index (χ3n) is 5.74. The Balaban J connectivity index is 2.00. The second-order valence-corrected chi connectivity index (χ2v) is 8.84. The lowest BCUT2D eigenvalue weighted by atomic mass is 9.66. The quantitative estimate of drug-likeness (QED) is 0.500. The van der Waals surface area contributed by atoms with Crippen LogP contribution in [0, 0.1) is 12.3 Å². The van der Waals surface area contributed by atoms with E-state index in [0.717, 1.165) is 17.3 Å². The van der Waals surface area contributed by atoms with Crippen LogP contribution in [0.2, 0.25) is 0 Å². The molecule has 2 aromatic rings. The lowest BCUT2D eigenvalue weighted by molar-refractivity contribution is -0.117. The molecule has 114 valence electrons. The summed E-state index contributed by atoms with van der Waals surface area (Å²) in [6.07, 6.45) is 2.81. The largest absolute Gasteiger partial charge is 0.298 e. The van der Waals surface area contributed by atoms with E-state index >= 15 is 0 Å². The number of hydrogen-bond donors (Lipinski definition) is 0.